The lowest BCUT2D eigenvalue weighted by Gasteiger charge is -2.14. The van der Waals surface area contributed by atoms with Crippen LogP contribution in [0, 0.1) is 11.8 Å². The molecule has 0 unspecified atom stereocenters. The number of benzene rings is 2. The third-order valence-electron chi connectivity index (χ3n) is 4.15. The number of hydrogen-bond donors (Lipinski definition) is 0. The second-order valence-electron chi connectivity index (χ2n) is 7.98. The molecule has 0 saturated carbocycles. The van der Waals surface area contributed by atoms with E-state index in [4.69, 9.17) is 4.74 Å². The highest BCUT2D eigenvalue weighted by Crippen LogP contribution is 2.21. The van der Waals surface area contributed by atoms with Crippen molar-refractivity contribution in [2.24, 2.45) is 11.8 Å². The van der Waals surface area contributed by atoms with Gasteiger partial charge in [0.1, 0.15) is 0 Å². The van der Waals surface area contributed by atoms with Crippen molar-refractivity contribution in [2.75, 3.05) is 0 Å². The summed E-state index contributed by atoms with van der Waals surface area (Å²) in [5.41, 5.74) is 1.71. The van der Waals surface area contributed by atoms with Gasteiger partial charge in [0.25, 0.3) is 0 Å². The Morgan fingerprint density at radius 1 is 0.690 bits per heavy atom. The molecule has 2 rings (SSSR count). The van der Waals surface area contributed by atoms with Crippen LogP contribution in [0.25, 0.3) is 12.2 Å². The third-order valence-corrected chi connectivity index (χ3v) is 4.15. The molecule has 0 aliphatic rings. The fraction of sp³-hybridized carbons (Fsp3) is 0.308. The summed E-state index contributed by atoms with van der Waals surface area (Å²) in [6.07, 6.45) is 4.14. The van der Waals surface area contributed by atoms with Gasteiger partial charge in [-0.1, -0.05) is 88.4 Å². The Labute approximate surface area is 174 Å². The van der Waals surface area contributed by atoms with Gasteiger partial charge >= 0.3 is 0 Å². The van der Waals surface area contributed by atoms with Crippen molar-refractivity contribution in [3.63, 3.8) is 0 Å². The molecular weight excluding hydrogens is 360 g/mol. The van der Waals surface area contributed by atoms with Crippen molar-refractivity contribution < 1.29 is 14.3 Å². The molecule has 2 aromatic rings. The van der Waals surface area contributed by atoms with Crippen molar-refractivity contribution in [1.82, 2.24) is 0 Å². The van der Waals surface area contributed by atoms with Crippen molar-refractivity contribution in [1.29, 1.82) is 0 Å². The Hall–Kier alpha value is -2.94. The van der Waals surface area contributed by atoms with Crippen LogP contribution in [0.2, 0.25) is 0 Å². The van der Waals surface area contributed by atoms with Crippen LogP contribution in [0.4, 0.5) is 0 Å². The molecule has 0 heterocycles. The normalized spacial score (nSPS) is 12.3. The number of hydrogen-bond acceptors (Lipinski definition) is 3. The van der Waals surface area contributed by atoms with E-state index in [2.05, 4.69) is 0 Å². The van der Waals surface area contributed by atoms with Crippen LogP contribution in [0.15, 0.2) is 72.2 Å². The second kappa shape index (κ2) is 11.2. The molecule has 0 aromatic heterocycles. The molecule has 0 aliphatic carbocycles. The van der Waals surface area contributed by atoms with Crippen LogP contribution in [-0.4, -0.2) is 11.6 Å². The predicted molar refractivity (Wildman–Crippen MR) is 119 cm³/mol. The Balaban J connectivity index is 2.43. The molecule has 29 heavy (non-hydrogen) atoms. The maximum absolute atomic E-state index is 12.9. The molecule has 152 valence electrons. The number of ketones is 2. The first-order valence-electron chi connectivity index (χ1n) is 10.1. The molecule has 0 N–H and O–H groups in total. The highest BCUT2D eigenvalue weighted by atomic mass is 16.5. The minimum absolute atomic E-state index is 0.111. The van der Waals surface area contributed by atoms with E-state index in [1.54, 1.807) is 12.2 Å². The first-order valence-corrected chi connectivity index (χ1v) is 10.1. The van der Waals surface area contributed by atoms with Crippen LogP contribution < -0.4 is 0 Å². The van der Waals surface area contributed by atoms with E-state index in [1.165, 1.54) is 0 Å². The Kier molecular flexibility index (Phi) is 8.60. The van der Waals surface area contributed by atoms with Gasteiger partial charge in [0.05, 0.1) is 0 Å². The molecule has 3 heteroatoms. The Bertz CT molecular complexity index is 786. The number of carbonyl (C=O) groups is 2. The van der Waals surface area contributed by atoms with Crippen molar-refractivity contribution in [3.05, 3.63) is 83.3 Å². The molecule has 0 atom stereocenters. The van der Waals surface area contributed by atoms with Gasteiger partial charge in [0.2, 0.25) is 0 Å². The zero-order valence-corrected chi connectivity index (χ0v) is 17.7. The monoisotopic (exact) mass is 390 g/mol. The fourth-order valence-electron chi connectivity index (χ4n) is 2.80. The van der Waals surface area contributed by atoms with Crippen molar-refractivity contribution >= 4 is 23.7 Å². The van der Waals surface area contributed by atoms with Gasteiger partial charge in [-0.05, 0) is 35.1 Å². The van der Waals surface area contributed by atoms with Crippen LogP contribution in [0.1, 0.15) is 51.7 Å². The number of carbonyl (C=O) groups excluding carboxylic acids is 2. The average molecular weight is 391 g/mol. The summed E-state index contributed by atoms with van der Waals surface area (Å²) in [6, 6.07) is 19.1. The molecule has 0 aliphatic heterocycles. The largest absolute Gasteiger partial charge is 0.450 e. The van der Waals surface area contributed by atoms with Crippen LogP contribution in [0.3, 0.4) is 0 Å². The van der Waals surface area contributed by atoms with Crippen LogP contribution in [-0.2, 0) is 14.3 Å². The number of rotatable bonds is 10. The van der Waals surface area contributed by atoms with Crippen molar-refractivity contribution in [2.45, 2.75) is 40.5 Å². The van der Waals surface area contributed by atoms with Gasteiger partial charge in [-0.25, -0.2) is 0 Å². The van der Waals surface area contributed by atoms with Gasteiger partial charge < -0.3 is 4.74 Å². The third kappa shape index (κ3) is 7.90. The summed E-state index contributed by atoms with van der Waals surface area (Å²) in [6.45, 7) is 7.96. The number of allylic oxidation sites excluding steroid dienone is 2. The molecule has 2 aromatic carbocycles. The summed E-state index contributed by atoms with van der Waals surface area (Å²) in [5.74, 6) is 0.560. The van der Waals surface area contributed by atoms with E-state index in [0.29, 0.717) is 12.8 Å². The summed E-state index contributed by atoms with van der Waals surface area (Å²) >= 11 is 0. The number of ether oxygens (including phenoxy) is 1. The van der Waals surface area contributed by atoms with E-state index in [1.807, 2.05) is 88.4 Å². The molecule has 0 amide bonds. The highest BCUT2D eigenvalue weighted by molar-refractivity contribution is 6.01. The standard InChI is InChI=1S/C26H30O3/c1-19(2)15-23(27)25(17-21-11-7-5-8-12-21)29-26(24(28)16-20(3)4)18-22-13-9-6-10-14-22/h5-14,17-20H,15-16H2,1-4H3/b25-17-,26-18-. The smallest absolute Gasteiger partial charge is 0.198 e. The van der Waals surface area contributed by atoms with E-state index in [-0.39, 0.29) is 34.9 Å². The highest BCUT2D eigenvalue weighted by Gasteiger charge is 2.20. The Morgan fingerprint density at radius 2 is 1.03 bits per heavy atom. The summed E-state index contributed by atoms with van der Waals surface area (Å²) in [4.78, 5) is 25.7. The van der Waals surface area contributed by atoms with Gasteiger partial charge in [0, 0.05) is 12.8 Å². The maximum Gasteiger partial charge on any atom is 0.198 e. The average Bonchev–Trinajstić information content (AvgIpc) is 2.67. The van der Waals surface area contributed by atoms with Gasteiger partial charge in [-0.3, -0.25) is 9.59 Å². The van der Waals surface area contributed by atoms with Crippen LogP contribution >= 0.6 is 0 Å². The minimum Gasteiger partial charge on any atom is -0.450 e. The SMILES string of the molecule is CC(C)CC(=O)/C(=C/c1ccccc1)O/C(=C\c1ccccc1)C(=O)CC(C)C. The summed E-state index contributed by atoms with van der Waals surface area (Å²) in [5, 5.41) is 0. The molecule has 0 radical (unpaired) electrons. The summed E-state index contributed by atoms with van der Waals surface area (Å²) < 4.78 is 6.01. The first kappa shape index (κ1) is 22.4. The zero-order chi connectivity index (χ0) is 21.2. The second-order valence-corrected chi connectivity index (χ2v) is 7.98. The molecule has 3 nitrogen and oxygen atoms in total. The van der Waals surface area contributed by atoms with Gasteiger partial charge in [-0.15, -0.1) is 0 Å². The fourth-order valence-corrected chi connectivity index (χ4v) is 2.80. The topological polar surface area (TPSA) is 43.4 Å². The first-order chi connectivity index (χ1) is 13.8. The lowest BCUT2D eigenvalue weighted by atomic mass is 10.0. The lowest BCUT2D eigenvalue weighted by Crippen LogP contribution is -2.14. The number of Topliss-reactive ketones (excluding diaryl/α,β-unsaturated/α-hetero) is 2. The van der Waals surface area contributed by atoms with E-state index < -0.39 is 0 Å². The van der Waals surface area contributed by atoms with E-state index >= 15 is 0 Å². The zero-order valence-electron chi connectivity index (χ0n) is 17.7. The lowest BCUT2D eigenvalue weighted by molar-refractivity contribution is -0.121. The van der Waals surface area contributed by atoms with Gasteiger partial charge in [0.15, 0.2) is 23.1 Å². The quantitative estimate of drug-likeness (QED) is 0.352. The molecular formula is C26H30O3. The molecule has 0 spiro atoms. The molecule has 0 bridgehead atoms. The maximum atomic E-state index is 12.9. The van der Waals surface area contributed by atoms with Gasteiger partial charge in [-0.2, -0.15) is 0 Å². The Morgan fingerprint density at radius 3 is 1.34 bits per heavy atom. The van der Waals surface area contributed by atoms with Crippen molar-refractivity contribution in [3.8, 4) is 0 Å². The van der Waals surface area contributed by atoms with Crippen LogP contribution in [0.5, 0.6) is 0 Å². The van der Waals surface area contributed by atoms with E-state index in [0.717, 1.165) is 11.1 Å². The predicted octanol–water partition coefficient (Wildman–Crippen LogP) is 6.32. The minimum atomic E-state index is -0.111. The van der Waals surface area contributed by atoms with E-state index in [9.17, 15) is 9.59 Å². The summed E-state index contributed by atoms with van der Waals surface area (Å²) in [7, 11) is 0. The molecule has 0 fully saturated rings. The molecule has 0 saturated heterocycles.